The Morgan fingerprint density at radius 2 is 2.57 bits per heavy atom. The average Bonchev–Trinajstić information content (AvgIpc) is 2.70. The number of rotatable bonds is 1. The minimum atomic E-state index is 0.0301. The van der Waals surface area contributed by atoms with Crippen LogP contribution in [0, 0.1) is 0 Å². The second-order valence-corrected chi connectivity index (χ2v) is 3.67. The molecule has 1 unspecified atom stereocenters. The molecule has 0 spiro atoms. The van der Waals surface area contributed by atoms with Crippen LogP contribution in [0.15, 0.2) is 27.9 Å². The van der Waals surface area contributed by atoms with E-state index in [1.807, 2.05) is 19.1 Å². The van der Waals surface area contributed by atoms with Gasteiger partial charge >= 0.3 is 0 Å². The van der Waals surface area contributed by atoms with Crippen LogP contribution in [0.1, 0.15) is 25.1 Å². The van der Waals surface area contributed by atoms with Gasteiger partial charge in [-0.2, -0.15) is 5.10 Å². The van der Waals surface area contributed by atoms with E-state index in [1.165, 1.54) is 0 Å². The molecule has 0 saturated carbocycles. The van der Waals surface area contributed by atoms with E-state index in [1.54, 1.807) is 11.3 Å². The van der Waals surface area contributed by atoms with E-state index in [0.717, 1.165) is 17.9 Å². The van der Waals surface area contributed by atoms with Crippen molar-refractivity contribution in [1.29, 1.82) is 0 Å². The first kappa shape index (κ1) is 9.21. The maximum atomic E-state index is 5.57. The van der Waals surface area contributed by atoms with Crippen molar-refractivity contribution >= 4 is 23.0 Å². The first-order chi connectivity index (χ1) is 6.68. The molecule has 2 N–H and O–H groups in total. The van der Waals surface area contributed by atoms with Crippen molar-refractivity contribution in [3.8, 4) is 0 Å². The van der Waals surface area contributed by atoms with E-state index >= 15 is 0 Å². The van der Waals surface area contributed by atoms with Crippen molar-refractivity contribution in [2.45, 2.75) is 19.4 Å². The van der Waals surface area contributed by atoms with Crippen LogP contribution in [0.5, 0.6) is 0 Å². The number of furan rings is 1. The molecule has 4 nitrogen and oxygen atoms in total. The smallest absolute Gasteiger partial charge is 0.187 e. The summed E-state index contributed by atoms with van der Waals surface area (Å²) in [6.07, 6.45) is 2.45. The predicted molar refractivity (Wildman–Crippen MR) is 57.8 cm³/mol. The van der Waals surface area contributed by atoms with Gasteiger partial charge in [0.05, 0.1) is 6.26 Å². The van der Waals surface area contributed by atoms with Crippen LogP contribution >= 0.6 is 12.2 Å². The summed E-state index contributed by atoms with van der Waals surface area (Å²) in [5.74, 6) is 0.846. The third kappa shape index (κ3) is 1.50. The largest absolute Gasteiger partial charge is 0.467 e. The first-order valence-electron chi connectivity index (χ1n) is 4.34. The van der Waals surface area contributed by atoms with Gasteiger partial charge in [0.2, 0.25) is 0 Å². The van der Waals surface area contributed by atoms with E-state index in [2.05, 4.69) is 5.10 Å². The molecule has 1 aliphatic heterocycles. The van der Waals surface area contributed by atoms with E-state index in [9.17, 15) is 0 Å². The van der Waals surface area contributed by atoms with Crippen LogP contribution in [0.25, 0.3) is 0 Å². The van der Waals surface area contributed by atoms with Crippen molar-refractivity contribution in [2.24, 2.45) is 10.8 Å². The van der Waals surface area contributed by atoms with Gasteiger partial charge in [0, 0.05) is 12.1 Å². The quantitative estimate of drug-likeness (QED) is 0.714. The molecular weight excluding hydrogens is 198 g/mol. The number of hydrogen-bond donors (Lipinski definition) is 1. The summed E-state index contributed by atoms with van der Waals surface area (Å²) in [6.45, 7) is 1.95. The van der Waals surface area contributed by atoms with Crippen molar-refractivity contribution < 1.29 is 4.42 Å². The molecule has 74 valence electrons. The Kier molecular flexibility index (Phi) is 2.25. The van der Waals surface area contributed by atoms with E-state index < -0.39 is 0 Å². The molecule has 2 heterocycles. The molecule has 1 aromatic heterocycles. The van der Waals surface area contributed by atoms with E-state index in [-0.39, 0.29) is 11.2 Å². The molecule has 1 atom stereocenters. The molecule has 1 aliphatic rings. The minimum absolute atomic E-state index is 0.0301. The molecule has 14 heavy (non-hydrogen) atoms. The van der Waals surface area contributed by atoms with Crippen LogP contribution in [0.3, 0.4) is 0 Å². The van der Waals surface area contributed by atoms with Gasteiger partial charge in [-0.15, -0.1) is 0 Å². The van der Waals surface area contributed by atoms with Gasteiger partial charge in [0.25, 0.3) is 0 Å². The number of thiocarbonyl (C=S) groups is 1. The zero-order chi connectivity index (χ0) is 10.1. The zero-order valence-corrected chi connectivity index (χ0v) is 8.62. The van der Waals surface area contributed by atoms with Gasteiger partial charge in [-0.05, 0) is 31.3 Å². The Hall–Kier alpha value is -1.36. The van der Waals surface area contributed by atoms with Gasteiger partial charge in [-0.3, -0.25) is 0 Å². The lowest BCUT2D eigenvalue weighted by Gasteiger charge is -2.19. The van der Waals surface area contributed by atoms with Crippen molar-refractivity contribution in [2.75, 3.05) is 0 Å². The number of nitrogens with two attached hydrogens (primary N) is 1. The summed E-state index contributed by atoms with van der Waals surface area (Å²) < 4.78 is 5.32. The highest BCUT2D eigenvalue weighted by Crippen LogP contribution is 2.30. The monoisotopic (exact) mass is 209 g/mol. The molecule has 0 radical (unpaired) electrons. The highest BCUT2D eigenvalue weighted by Gasteiger charge is 2.29. The average molecular weight is 209 g/mol. The molecule has 0 bridgehead atoms. The lowest BCUT2D eigenvalue weighted by molar-refractivity contribution is 0.316. The normalized spacial score (nSPS) is 21.1. The second kappa shape index (κ2) is 3.42. The van der Waals surface area contributed by atoms with Crippen LogP contribution in [-0.2, 0) is 0 Å². The Bertz CT molecular complexity index is 371. The van der Waals surface area contributed by atoms with Crippen molar-refractivity contribution in [3.05, 3.63) is 24.2 Å². The van der Waals surface area contributed by atoms with Crippen LogP contribution < -0.4 is 5.73 Å². The summed E-state index contributed by atoms with van der Waals surface area (Å²) in [4.78, 5) is 0. The molecule has 2 rings (SSSR count). The summed E-state index contributed by atoms with van der Waals surface area (Å²) >= 11 is 4.91. The van der Waals surface area contributed by atoms with Crippen molar-refractivity contribution in [1.82, 2.24) is 5.01 Å². The standard InChI is InChI=1S/C9H11N3OS/c1-6-5-7(8-3-2-4-13-8)12(11-6)9(10)14/h2-4,7H,5H2,1H3,(H2,10,14). The van der Waals surface area contributed by atoms with Crippen molar-refractivity contribution in [3.63, 3.8) is 0 Å². The molecule has 0 aliphatic carbocycles. The fourth-order valence-electron chi connectivity index (χ4n) is 1.57. The Morgan fingerprint density at radius 3 is 3.14 bits per heavy atom. The lowest BCUT2D eigenvalue weighted by Crippen LogP contribution is -2.31. The number of hydrazone groups is 1. The zero-order valence-electron chi connectivity index (χ0n) is 7.80. The SMILES string of the molecule is CC1=NN(C(N)=S)C(c2ccco2)C1. The predicted octanol–water partition coefficient (Wildman–Crippen LogP) is 1.65. The van der Waals surface area contributed by atoms with E-state index in [0.29, 0.717) is 0 Å². The van der Waals surface area contributed by atoms with Crippen LogP contribution in [0.4, 0.5) is 0 Å². The molecule has 0 saturated heterocycles. The topological polar surface area (TPSA) is 54.8 Å². The first-order valence-corrected chi connectivity index (χ1v) is 4.75. The Morgan fingerprint density at radius 1 is 1.79 bits per heavy atom. The second-order valence-electron chi connectivity index (χ2n) is 3.25. The summed E-state index contributed by atoms with van der Waals surface area (Å²) in [5.41, 5.74) is 6.58. The Labute approximate surface area is 87.4 Å². The van der Waals surface area contributed by atoms with Crippen LogP contribution in [-0.4, -0.2) is 15.8 Å². The highest BCUT2D eigenvalue weighted by molar-refractivity contribution is 7.80. The van der Waals surface area contributed by atoms with Gasteiger partial charge in [-0.1, -0.05) is 0 Å². The molecule has 0 fully saturated rings. The van der Waals surface area contributed by atoms with E-state index in [4.69, 9.17) is 22.4 Å². The molecule has 5 heteroatoms. The van der Waals surface area contributed by atoms with Gasteiger partial charge < -0.3 is 10.2 Å². The van der Waals surface area contributed by atoms with Crippen LogP contribution in [0.2, 0.25) is 0 Å². The maximum absolute atomic E-state index is 5.57. The summed E-state index contributed by atoms with van der Waals surface area (Å²) in [5, 5.41) is 6.16. The Balaban J connectivity index is 2.26. The fourth-order valence-corrected chi connectivity index (χ4v) is 1.73. The lowest BCUT2D eigenvalue weighted by atomic mass is 10.1. The highest BCUT2D eigenvalue weighted by atomic mass is 32.1. The molecule has 0 amide bonds. The summed E-state index contributed by atoms with van der Waals surface area (Å²) in [7, 11) is 0. The molecular formula is C9H11N3OS. The van der Waals surface area contributed by atoms with Gasteiger partial charge in [0.15, 0.2) is 5.11 Å². The fraction of sp³-hybridized carbons (Fsp3) is 0.333. The minimum Gasteiger partial charge on any atom is -0.467 e. The molecule has 1 aromatic rings. The molecule has 0 aromatic carbocycles. The third-order valence-electron chi connectivity index (χ3n) is 2.16. The summed E-state index contributed by atoms with van der Waals surface area (Å²) in [6, 6.07) is 3.78. The maximum Gasteiger partial charge on any atom is 0.187 e. The number of hydrogen-bond acceptors (Lipinski definition) is 3. The van der Waals surface area contributed by atoms with Gasteiger partial charge in [-0.25, -0.2) is 5.01 Å². The third-order valence-corrected chi connectivity index (χ3v) is 2.35. The number of nitrogens with zero attached hydrogens (tertiary/aromatic N) is 2. The van der Waals surface area contributed by atoms with Gasteiger partial charge in [0.1, 0.15) is 11.8 Å².